The van der Waals surface area contributed by atoms with E-state index >= 15 is 0 Å². The first-order chi connectivity index (χ1) is 12.5. The van der Waals surface area contributed by atoms with Crippen LogP contribution in [-0.2, 0) is 10.2 Å². The van der Waals surface area contributed by atoms with Crippen LogP contribution < -0.4 is 11.5 Å². The number of hydrogen-bond acceptors (Lipinski definition) is 5. The lowest BCUT2D eigenvalue weighted by atomic mass is 9.70. The zero-order chi connectivity index (χ0) is 18.2. The molecular formula is C20H26N4OS. The van der Waals surface area contributed by atoms with Crippen molar-refractivity contribution in [2.45, 2.75) is 49.5 Å². The van der Waals surface area contributed by atoms with Gasteiger partial charge in [0.2, 0.25) is 5.91 Å². The summed E-state index contributed by atoms with van der Waals surface area (Å²) < 4.78 is 0. The summed E-state index contributed by atoms with van der Waals surface area (Å²) in [6, 6.07) is 10.5. The third-order valence-electron chi connectivity index (χ3n) is 6.16. The van der Waals surface area contributed by atoms with Gasteiger partial charge in [-0.05, 0) is 31.2 Å². The van der Waals surface area contributed by atoms with Gasteiger partial charge in [-0.2, -0.15) is 0 Å². The van der Waals surface area contributed by atoms with Gasteiger partial charge in [0, 0.05) is 23.9 Å². The van der Waals surface area contributed by atoms with Crippen LogP contribution in [0.15, 0.2) is 35.7 Å². The number of benzene rings is 1. The SMILES string of the molecule is Nc1nc(C2(c3ccccc3)CCN(C(=O)C3(N)CCCC3)CC2)cs1. The van der Waals surface area contributed by atoms with Gasteiger partial charge in [-0.3, -0.25) is 4.79 Å². The van der Waals surface area contributed by atoms with E-state index in [1.54, 1.807) is 0 Å². The molecule has 0 spiro atoms. The molecule has 1 aliphatic heterocycles. The highest BCUT2D eigenvalue weighted by atomic mass is 32.1. The van der Waals surface area contributed by atoms with E-state index in [-0.39, 0.29) is 11.3 Å². The van der Waals surface area contributed by atoms with Gasteiger partial charge in [0.1, 0.15) is 0 Å². The van der Waals surface area contributed by atoms with Gasteiger partial charge in [0.25, 0.3) is 0 Å². The van der Waals surface area contributed by atoms with E-state index in [1.807, 2.05) is 11.0 Å². The van der Waals surface area contributed by atoms with E-state index in [0.29, 0.717) is 18.2 Å². The molecule has 26 heavy (non-hydrogen) atoms. The first kappa shape index (κ1) is 17.5. The quantitative estimate of drug-likeness (QED) is 0.870. The number of aromatic nitrogens is 1. The Morgan fingerprint density at radius 1 is 1.08 bits per heavy atom. The fraction of sp³-hybridized carbons (Fsp3) is 0.500. The van der Waals surface area contributed by atoms with Crippen molar-refractivity contribution >= 4 is 22.4 Å². The second-order valence-corrected chi connectivity index (χ2v) is 8.56. The van der Waals surface area contributed by atoms with Crippen LogP contribution in [0.3, 0.4) is 0 Å². The molecule has 1 saturated carbocycles. The Labute approximate surface area is 158 Å². The van der Waals surface area contributed by atoms with Crippen LogP contribution in [0.2, 0.25) is 0 Å². The maximum Gasteiger partial charge on any atom is 0.242 e. The predicted octanol–water partition coefficient (Wildman–Crippen LogP) is 2.91. The maximum absolute atomic E-state index is 13.0. The highest BCUT2D eigenvalue weighted by molar-refractivity contribution is 7.13. The number of amides is 1. The Hall–Kier alpha value is -1.92. The van der Waals surface area contributed by atoms with Crippen LogP contribution in [0.5, 0.6) is 0 Å². The van der Waals surface area contributed by atoms with Crippen molar-refractivity contribution in [3.63, 3.8) is 0 Å². The first-order valence-electron chi connectivity index (χ1n) is 9.39. The summed E-state index contributed by atoms with van der Waals surface area (Å²) in [5, 5.41) is 2.67. The lowest BCUT2D eigenvalue weighted by Gasteiger charge is -2.43. The van der Waals surface area contributed by atoms with E-state index in [1.165, 1.54) is 16.9 Å². The molecule has 2 aromatic rings. The van der Waals surface area contributed by atoms with Crippen LogP contribution in [0, 0.1) is 0 Å². The van der Waals surface area contributed by atoms with Gasteiger partial charge in [0.15, 0.2) is 5.13 Å². The standard InChI is InChI=1S/C20H26N4OS/c21-18-23-16(14-26-18)19(15-6-2-1-3-7-15)10-12-24(13-11-19)17(25)20(22)8-4-5-9-20/h1-3,6-7,14H,4-5,8-13,22H2,(H2,21,23). The molecule has 0 atom stereocenters. The van der Waals surface area contributed by atoms with Crippen LogP contribution in [-0.4, -0.2) is 34.4 Å². The summed E-state index contributed by atoms with van der Waals surface area (Å²) in [6.45, 7) is 1.42. The number of carbonyl (C=O) groups excluding carboxylic acids is 1. The van der Waals surface area contributed by atoms with Crippen molar-refractivity contribution in [2.24, 2.45) is 5.73 Å². The molecule has 1 aromatic heterocycles. The zero-order valence-electron chi connectivity index (χ0n) is 15.0. The van der Waals surface area contributed by atoms with Crippen LogP contribution >= 0.6 is 11.3 Å². The van der Waals surface area contributed by atoms with Crippen molar-refractivity contribution < 1.29 is 4.79 Å². The molecule has 2 heterocycles. The van der Waals surface area contributed by atoms with Gasteiger partial charge in [-0.25, -0.2) is 4.98 Å². The van der Waals surface area contributed by atoms with Crippen molar-refractivity contribution in [3.8, 4) is 0 Å². The normalized spacial score (nSPS) is 21.7. The number of likely N-dealkylation sites (tertiary alicyclic amines) is 1. The number of anilines is 1. The van der Waals surface area contributed by atoms with E-state index < -0.39 is 5.54 Å². The Balaban J connectivity index is 1.60. The van der Waals surface area contributed by atoms with E-state index in [2.05, 4.69) is 34.6 Å². The third kappa shape index (κ3) is 2.91. The third-order valence-corrected chi connectivity index (χ3v) is 6.84. The monoisotopic (exact) mass is 370 g/mol. The summed E-state index contributed by atoms with van der Waals surface area (Å²) in [5.41, 5.74) is 13.8. The highest BCUT2D eigenvalue weighted by Gasteiger charge is 2.45. The topological polar surface area (TPSA) is 85.2 Å². The van der Waals surface area contributed by atoms with Gasteiger partial charge in [0.05, 0.1) is 11.2 Å². The van der Waals surface area contributed by atoms with Gasteiger partial charge >= 0.3 is 0 Å². The number of piperidine rings is 1. The average molecular weight is 371 g/mol. The molecule has 138 valence electrons. The second kappa shape index (κ2) is 6.67. The number of nitrogens with zero attached hydrogens (tertiary/aromatic N) is 2. The summed E-state index contributed by atoms with van der Waals surface area (Å²) >= 11 is 1.48. The Kier molecular flexibility index (Phi) is 4.49. The van der Waals surface area contributed by atoms with Crippen molar-refractivity contribution in [1.82, 2.24) is 9.88 Å². The molecule has 4 rings (SSSR count). The summed E-state index contributed by atoms with van der Waals surface area (Å²) in [6.07, 6.45) is 5.44. The smallest absolute Gasteiger partial charge is 0.242 e. The second-order valence-electron chi connectivity index (χ2n) is 7.67. The minimum atomic E-state index is -0.641. The largest absolute Gasteiger partial charge is 0.375 e. The van der Waals surface area contributed by atoms with Crippen LogP contribution in [0.1, 0.15) is 49.8 Å². The molecule has 5 nitrogen and oxygen atoms in total. The molecule has 4 N–H and O–H groups in total. The van der Waals surface area contributed by atoms with Crippen LogP contribution in [0.4, 0.5) is 5.13 Å². The molecule has 2 aliphatic rings. The number of rotatable bonds is 3. The molecule has 1 aromatic carbocycles. The van der Waals surface area contributed by atoms with Crippen molar-refractivity contribution in [2.75, 3.05) is 18.8 Å². The molecule has 0 bridgehead atoms. The van der Waals surface area contributed by atoms with Crippen LogP contribution in [0.25, 0.3) is 0 Å². The Bertz CT molecular complexity index is 774. The highest BCUT2D eigenvalue weighted by Crippen LogP contribution is 2.43. The van der Waals surface area contributed by atoms with Gasteiger partial charge < -0.3 is 16.4 Å². The lowest BCUT2D eigenvalue weighted by molar-refractivity contribution is -0.138. The molecule has 0 unspecified atom stereocenters. The maximum atomic E-state index is 13.0. The van der Waals surface area contributed by atoms with Gasteiger partial charge in [-0.1, -0.05) is 43.2 Å². The summed E-state index contributed by atoms with van der Waals surface area (Å²) in [5.74, 6) is 0.134. The number of hydrogen-bond donors (Lipinski definition) is 2. The van der Waals surface area contributed by atoms with E-state index in [0.717, 1.165) is 44.2 Å². The first-order valence-corrected chi connectivity index (χ1v) is 10.3. The Morgan fingerprint density at radius 2 is 1.73 bits per heavy atom. The molecule has 1 saturated heterocycles. The summed E-state index contributed by atoms with van der Waals surface area (Å²) in [7, 11) is 0. The van der Waals surface area contributed by atoms with Crippen molar-refractivity contribution in [1.29, 1.82) is 0 Å². The molecule has 6 heteroatoms. The lowest BCUT2D eigenvalue weighted by Crippen LogP contribution is -2.57. The number of thiazole rings is 1. The number of nitrogen functional groups attached to an aromatic ring is 1. The minimum absolute atomic E-state index is 0.134. The summed E-state index contributed by atoms with van der Waals surface area (Å²) in [4.78, 5) is 19.6. The Morgan fingerprint density at radius 3 is 2.31 bits per heavy atom. The number of carbonyl (C=O) groups is 1. The fourth-order valence-corrected chi connectivity index (χ4v) is 5.25. The van der Waals surface area contributed by atoms with E-state index in [4.69, 9.17) is 11.5 Å². The van der Waals surface area contributed by atoms with Gasteiger partial charge in [-0.15, -0.1) is 11.3 Å². The molecule has 0 radical (unpaired) electrons. The minimum Gasteiger partial charge on any atom is -0.375 e. The fourth-order valence-electron chi connectivity index (χ4n) is 4.58. The molecule has 1 amide bonds. The predicted molar refractivity (Wildman–Crippen MR) is 105 cm³/mol. The average Bonchev–Trinajstić information content (AvgIpc) is 3.31. The zero-order valence-corrected chi connectivity index (χ0v) is 15.8. The molecular weight excluding hydrogens is 344 g/mol. The molecule has 2 fully saturated rings. The van der Waals surface area contributed by atoms with Crippen molar-refractivity contribution in [3.05, 3.63) is 47.0 Å². The van der Waals surface area contributed by atoms with E-state index in [9.17, 15) is 4.79 Å². The number of nitrogens with two attached hydrogens (primary N) is 2. The molecule has 1 aliphatic carbocycles.